The predicted molar refractivity (Wildman–Crippen MR) is 61.8 cm³/mol. The van der Waals surface area contributed by atoms with Gasteiger partial charge in [0.1, 0.15) is 11.4 Å². The zero-order chi connectivity index (χ0) is 11.8. The summed E-state index contributed by atoms with van der Waals surface area (Å²) in [4.78, 5) is 11.6. The van der Waals surface area contributed by atoms with Gasteiger partial charge in [-0.2, -0.15) is 0 Å². The van der Waals surface area contributed by atoms with Crippen molar-refractivity contribution in [3.8, 4) is 11.3 Å². The third-order valence-corrected chi connectivity index (χ3v) is 2.40. The molecule has 0 spiro atoms. The molecular formula is C12H15N3O. The van der Waals surface area contributed by atoms with Gasteiger partial charge in [-0.25, -0.2) is 4.98 Å². The summed E-state index contributed by atoms with van der Waals surface area (Å²) in [6.45, 7) is 5.35. The highest BCUT2D eigenvalue weighted by molar-refractivity contribution is 5.60. The van der Waals surface area contributed by atoms with Gasteiger partial charge in [-0.1, -0.05) is 0 Å². The van der Waals surface area contributed by atoms with Crippen LogP contribution in [0.1, 0.15) is 25.4 Å². The topological polar surface area (TPSA) is 61.8 Å². The summed E-state index contributed by atoms with van der Waals surface area (Å²) in [5.74, 6) is 0.573. The molecule has 0 atom stereocenters. The molecule has 0 saturated carbocycles. The molecule has 2 N–H and O–H groups in total. The minimum atomic E-state index is -0.953. The highest BCUT2D eigenvalue weighted by atomic mass is 16.3. The van der Waals surface area contributed by atoms with Crippen LogP contribution in [-0.2, 0) is 5.60 Å². The van der Waals surface area contributed by atoms with Crippen molar-refractivity contribution >= 4 is 0 Å². The molecule has 2 aromatic rings. The minimum absolute atomic E-state index is 0.573. The Hall–Kier alpha value is -1.68. The van der Waals surface area contributed by atoms with Crippen molar-refractivity contribution in [1.29, 1.82) is 0 Å². The average molecular weight is 217 g/mol. The molecule has 0 aromatic carbocycles. The quantitative estimate of drug-likeness (QED) is 0.808. The second kappa shape index (κ2) is 3.72. The summed E-state index contributed by atoms with van der Waals surface area (Å²) in [6, 6.07) is 3.82. The second-order valence-electron chi connectivity index (χ2n) is 4.36. The van der Waals surface area contributed by atoms with Crippen LogP contribution in [0.5, 0.6) is 0 Å². The number of nitrogens with one attached hydrogen (secondary N) is 1. The van der Waals surface area contributed by atoms with E-state index in [-0.39, 0.29) is 0 Å². The Balaban J connectivity index is 2.48. The Morgan fingerprint density at radius 1 is 1.38 bits per heavy atom. The van der Waals surface area contributed by atoms with E-state index in [1.54, 1.807) is 26.2 Å². The van der Waals surface area contributed by atoms with Crippen molar-refractivity contribution in [2.75, 3.05) is 0 Å². The highest BCUT2D eigenvalue weighted by Crippen LogP contribution is 2.24. The molecule has 4 heteroatoms. The number of aliphatic hydroxyl groups is 1. The summed E-state index contributed by atoms with van der Waals surface area (Å²) in [5, 5.41) is 9.86. The normalized spacial score (nSPS) is 11.8. The molecule has 0 fully saturated rings. The lowest BCUT2D eigenvalue weighted by Gasteiger charge is -2.12. The SMILES string of the molecule is Cc1[nH]c(C(C)(C)O)nc1-c1cccnc1. The van der Waals surface area contributed by atoms with Crippen LogP contribution in [0.4, 0.5) is 0 Å². The summed E-state index contributed by atoms with van der Waals surface area (Å²) in [5.41, 5.74) is 1.77. The molecule has 0 bridgehead atoms. The number of rotatable bonds is 2. The third-order valence-electron chi connectivity index (χ3n) is 2.40. The molecule has 0 unspecified atom stereocenters. The van der Waals surface area contributed by atoms with Gasteiger partial charge in [-0.05, 0) is 32.9 Å². The van der Waals surface area contributed by atoms with E-state index < -0.39 is 5.60 Å². The lowest BCUT2D eigenvalue weighted by Crippen LogP contribution is -2.17. The van der Waals surface area contributed by atoms with Gasteiger partial charge >= 0.3 is 0 Å². The van der Waals surface area contributed by atoms with E-state index in [1.807, 2.05) is 19.1 Å². The number of nitrogens with zero attached hydrogens (tertiary/aromatic N) is 2. The maximum Gasteiger partial charge on any atom is 0.138 e. The fraction of sp³-hybridized carbons (Fsp3) is 0.333. The fourth-order valence-corrected chi connectivity index (χ4v) is 1.53. The molecule has 0 amide bonds. The Morgan fingerprint density at radius 3 is 2.62 bits per heavy atom. The van der Waals surface area contributed by atoms with Gasteiger partial charge in [0, 0.05) is 23.7 Å². The molecule has 84 valence electrons. The van der Waals surface area contributed by atoms with Gasteiger partial charge in [0.2, 0.25) is 0 Å². The number of aromatic nitrogens is 3. The zero-order valence-electron chi connectivity index (χ0n) is 9.65. The Kier molecular flexibility index (Phi) is 2.52. The van der Waals surface area contributed by atoms with Crippen molar-refractivity contribution in [2.45, 2.75) is 26.4 Å². The van der Waals surface area contributed by atoms with Gasteiger partial charge in [0.15, 0.2) is 0 Å². The van der Waals surface area contributed by atoms with Crippen molar-refractivity contribution in [1.82, 2.24) is 15.0 Å². The molecule has 0 aliphatic rings. The van der Waals surface area contributed by atoms with E-state index in [9.17, 15) is 5.11 Å². The maximum atomic E-state index is 9.86. The van der Waals surface area contributed by atoms with Crippen molar-refractivity contribution < 1.29 is 5.11 Å². The van der Waals surface area contributed by atoms with Crippen molar-refractivity contribution in [3.63, 3.8) is 0 Å². The summed E-state index contributed by atoms with van der Waals surface area (Å²) >= 11 is 0. The molecule has 0 aliphatic carbocycles. The van der Waals surface area contributed by atoms with Gasteiger partial charge in [0.25, 0.3) is 0 Å². The van der Waals surface area contributed by atoms with Crippen LogP contribution >= 0.6 is 0 Å². The molecular weight excluding hydrogens is 202 g/mol. The van der Waals surface area contributed by atoms with E-state index >= 15 is 0 Å². The summed E-state index contributed by atoms with van der Waals surface area (Å²) < 4.78 is 0. The number of aromatic amines is 1. The summed E-state index contributed by atoms with van der Waals surface area (Å²) in [7, 11) is 0. The maximum absolute atomic E-state index is 9.86. The number of H-pyrrole nitrogens is 1. The number of hydrogen-bond acceptors (Lipinski definition) is 3. The average Bonchev–Trinajstić information content (AvgIpc) is 2.61. The van der Waals surface area contributed by atoms with Crippen LogP contribution in [0.2, 0.25) is 0 Å². The highest BCUT2D eigenvalue weighted by Gasteiger charge is 2.21. The van der Waals surface area contributed by atoms with E-state index in [2.05, 4.69) is 15.0 Å². The molecule has 0 radical (unpaired) electrons. The first-order chi connectivity index (χ1) is 7.48. The Bertz CT molecular complexity index is 483. The number of aryl methyl sites for hydroxylation is 1. The largest absolute Gasteiger partial charge is 0.383 e. The zero-order valence-corrected chi connectivity index (χ0v) is 9.65. The minimum Gasteiger partial charge on any atom is -0.383 e. The molecule has 2 heterocycles. The van der Waals surface area contributed by atoms with Crippen molar-refractivity contribution in [3.05, 3.63) is 36.0 Å². The molecule has 2 aromatic heterocycles. The lowest BCUT2D eigenvalue weighted by atomic mass is 10.1. The Labute approximate surface area is 94.4 Å². The standard InChI is InChI=1S/C12H15N3O/c1-8-10(9-5-4-6-13-7-9)15-11(14-8)12(2,3)16/h4-7,16H,1-3H3,(H,14,15). The fourth-order valence-electron chi connectivity index (χ4n) is 1.53. The van der Waals surface area contributed by atoms with Crippen molar-refractivity contribution in [2.24, 2.45) is 0 Å². The van der Waals surface area contributed by atoms with Crippen LogP contribution in [0.25, 0.3) is 11.3 Å². The molecule has 4 nitrogen and oxygen atoms in total. The first-order valence-corrected chi connectivity index (χ1v) is 5.18. The van der Waals surface area contributed by atoms with E-state index in [1.165, 1.54) is 0 Å². The molecule has 2 rings (SSSR count). The third kappa shape index (κ3) is 1.97. The Morgan fingerprint density at radius 2 is 2.12 bits per heavy atom. The van der Waals surface area contributed by atoms with Gasteiger partial charge < -0.3 is 10.1 Å². The first-order valence-electron chi connectivity index (χ1n) is 5.18. The second-order valence-corrected chi connectivity index (χ2v) is 4.36. The molecule has 0 aliphatic heterocycles. The lowest BCUT2D eigenvalue weighted by molar-refractivity contribution is 0.0696. The van der Waals surface area contributed by atoms with Crippen LogP contribution in [0, 0.1) is 6.92 Å². The molecule has 0 saturated heterocycles. The molecule has 16 heavy (non-hydrogen) atoms. The predicted octanol–water partition coefficient (Wildman–Crippen LogP) is 2.01. The van der Waals surface area contributed by atoms with Crippen LogP contribution in [-0.4, -0.2) is 20.1 Å². The van der Waals surface area contributed by atoms with E-state index in [0.29, 0.717) is 5.82 Å². The van der Waals surface area contributed by atoms with Gasteiger partial charge in [-0.3, -0.25) is 4.98 Å². The summed E-state index contributed by atoms with van der Waals surface area (Å²) in [6.07, 6.45) is 3.49. The smallest absolute Gasteiger partial charge is 0.138 e. The first kappa shape index (κ1) is 10.8. The number of pyridine rings is 1. The van der Waals surface area contributed by atoms with E-state index in [4.69, 9.17) is 0 Å². The number of hydrogen-bond donors (Lipinski definition) is 2. The van der Waals surface area contributed by atoms with Gasteiger partial charge in [0.05, 0.1) is 5.69 Å². The van der Waals surface area contributed by atoms with E-state index in [0.717, 1.165) is 17.0 Å². The van der Waals surface area contributed by atoms with Gasteiger partial charge in [-0.15, -0.1) is 0 Å². The monoisotopic (exact) mass is 217 g/mol. The van der Waals surface area contributed by atoms with Crippen LogP contribution < -0.4 is 0 Å². The number of imidazole rings is 1. The van der Waals surface area contributed by atoms with Crippen LogP contribution in [0.15, 0.2) is 24.5 Å². The van der Waals surface area contributed by atoms with Crippen LogP contribution in [0.3, 0.4) is 0 Å².